The van der Waals surface area contributed by atoms with Gasteiger partial charge in [-0.3, -0.25) is 4.57 Å². The highest BCUT2D eigenvalue weighted by Crippen LogP contribution is 2.43. The summed E-state index contributed by atoms with van der Waals surface area (Å²) in [5.74, 6) is 0.942. The Bertz CT molecular complexity index is 3240. The molecule has 0 amide bonds. The fourth-order valence-corrected chi connectivity index (χ4v) is 9.78. The molecule has 9 aromatic carbocycles. The van der Waals surface area contributed by atoms with Gasteiger partial charge in [-0.15, -0.1) is 21.9 Å². The molecular weight excluding hydrogens is 679 g/mol. The van der Waals surface area contributed by atoms with Gasteiger partial charge >= 0.3 is 0 Å². The Kier molecular flexibility index (Phi) is 8.27. The molecule has 1 heterocycles. The third kappa shape index (κ3) is 5.19. The molecule has 0 N–H and O–H groups in total. The molecule has 260 valence electrons. The molecule has 0 fully saturated rings. The van der Waals surface area contributed by atoms with E-state index in [1.54, 1.807) is 0 Å². The molecule has 0 saturated heterocycles. The van der Waals surface area contributed by atoms with Gasteiger partial charge < -0.3 is 0 Å². The Hall–Kier alpha value is -5.99. The normalized spacial score (nSPS) is 11.7. The first-order valence-corrected chi connectivity index (χ1v) is 20.2. The van der Waals surface area contributed by atoms with Gasteiger partial charge in [-0.2, -0.15) is 0 Å². The summed E-state index contributed by atoms with van der Waals surface area (Å²) in [6.45, 7) is 0. The van der Waals surface area contributed by atoms with E-state index in [4.69, 9.17) is 4.98 Å². The first kappa shape index (κ1) is 35.4. The van der Waals surface area contributed by atoms with Crippen LogP contribution < -0.4 is 43.7 Å². The number of para-hydroxylation sites is 2. The predicted molar refractivity (Wildman–Crippen MR) is 273 cm³/mol. The third-order valence-corrected chi connectivity index (χ3v) is 13.4. The second-order valence-electron chi connectivity index (χ2n) is 16.1. The van der Waals surface area contributed by atoms with Crippen LogP contribution in [0, 0.1) is 0 Å². The van der Waals surface area contributed by atoms with Crippen molar-refractivity contribution in [2.45, 2.75) is 0 Å². The summed E-state index contributed by atoms with van der Waals surface area (Å²) in [6, 6.07) is 48.7. The van der Waals surface area contributed by atoms with E-state index in [2.05, 4.69) is 201 Å². The van der Waals surface area contributed by atoms with Gasteiger partial charge in [-0.25, -0.2) is 4.98 Å². The lowest BCUT2D eigenvalue weighted by atomic mass is 9.59. The molecule has 10 rings (SSSR count). The van der Waals surface area contributed by atoms with Gasteiger partial charge in [0.2, 0.25) is 0 Å². The molecular formula is C47H38B8N2. The summed E-state index contributed by atoms with van der Waals surface area (Å²) in [6.07, 6.45) is 0. The number of benzene rings is 9. The summed E-state index contributed by atoms with van der Waals surface area (Å²) >= 11 is 0. The molecule has 0 saturated carbocycles. The zero-order valence-electron chi connectivity index (χ0n) is 34.1. The minimum absolute atomic E-state index is 0.942. The molecule has 0 aliphatic heterocycles. The Balaban J connectivity index is 1.31. The Morgan fingerprint density at radius 1 is 0.368 bits per heavy atom. The summed E-state index contributed by atoms with van der Waals surface area (Å²) < 4.78 is 2.34. The predicted octanol–water partition coefficient (Wildman–Crippen LogP) is -1.29. The maximum Gasteiger partial charge on any atom is 0.145 e. The number of hydrogen-bond acceptors (Lipinski definition) is 1. The molecule has 0 bridgehead atoms. The largest absolute Gasteiger partial charge is 0.292 e. The zero-order chi connectivity index (χ0) is 39.3. The van der Waals surface area contributed by atoms with Gasteiger partial charge in [0.15, 0.2) is 0 Å². The number of fused-ring (bicyclic) bond motifs is 5. The lowest BCUT2D eigenvalue weighted by molar-refractivity contribution is 1.11. The summed E-state index contributed by atoms with van der Waals surface area (Å²) in [7, 11) is 18.6. The van der Waals surface area contributed by atoms with E-state index < -0.39 is 0 Å². The van der Waals surface area contributed by atoms with Crippen LogP contribution in [0.15, 0.2) is 133 Å². The Morgan fingerprint density at radius 3 is 1.44 bits per heavy atom. The van der Waals surface area contributed by atoms with Crippen LogP contribution in [-0.4, -0.2) is 72.3 Å². The lowest BCUT2D eigenvalue weighted by Crippen LogP contribution is -2.50. The van der Waals surface area contributed by atoms with Gasteiger partial charge in [-0.1, -0.05) is 137 Å². The molecule has 2 nitrogen and oxygen atoms in total. The second-order valence-corrected chi connectivity index (χ2v) is 16.1. The molecule has 0 atom stereocenters. The van der Waals surface area contributed by atoms with Crippen molar-refractivity contribution in [1.29, 1.82) is 0 Å². The van der Waals surface area contributed by atoms with Crippen molar-refractivity contribution in [1.82, 2.24) is 9.55 Å². The Morgan fingerprint density at radius 2 is 0.825 bits per heavy atom. The highest BCUT2D eigenvalue weighted by Gasteiger charge is 2.26. The summed E-state index contributed by atoms with van der Waals surface area (Å²) in [4.78, 5) is 5.30. The lowest BCUT2D eigenvalue weighted by Gasteiger charge is -2.28. The smallest absolute Gasteiger partial charge is 0.145 e. The number of nitrogens with zero attached hydrogens (tertiary/aromatic N) is 2. The van der Waals surface area contributed by atoms with Crippen LogP contribution in [0.3, 0.4) is 0 Å². The maximum atomic E-state index is 5.30. The quantitative estimate of drug-likeness (QED) is 0.164. The van der Waals surface area contributed by atoms with Crippen molar-refractivity contribution in [3.8, 4) is 39.3 Å². The molecule has 0 spiro atoms. The van der Waals surface area contributed by atoms with E-state index in [0.29, 0.717) is 0 Å². The van der Waals surface area contributed by atoms with E-state index in [9.17, 15) is 0 Å². The SMILES string of the molecule is Bc1c(B)c(B)c2c(-c3cccc4ccccc34)c3c(B)c(B)c(B)c(B)c3c(-c3ccc(-c4nc5ccccc5n4-c4cccc5ccccc45)cc3)c2c1B. The van der Waals surface area contributed by atoms with Gasteiger partial charge in [-0.05, 0) is 78.2 Å². The van der Waals surface area contributed by atoms with Crippen molar-refractivity contribution < 1.29 is 0 Å². The average Bonchev–Trinajstić information content (AvgIpc) is 3.64. The van der Waals surface area contributed by atoms with Crippen LogP contribution >= 0.6 is 0 Å². The highest BCUT2D eigenvalue weighted by molar-refractivity contribution is 6.71. The number of aromatic nitrogens is 2. The molecule has 1 aromatic heterocycles. The average molecular weight is 717 g/mol. The van der Waals surface area contributed by atoms with Gasteiger partial charge in [0, 0.05) is 10.9 Å². The Labute approximate surface area is 341 Å². The molecule has 0 aliphatic carbocycles. The highest BCUT2D eigenvalue weighted by atomic mass is 15.1. The monoisotopic (exact) mass is 718 g/mol. The minimum atomic E-state index is 0.942. The van der Waals surface area contributed by atoms with Gasteiger partial charge in [0.05, 0.1) is 16.7 Å². The minimum Gasteiger partial charge on any atom is -0.292 e. The van der Waals surface area contributed by atoms with Gasteiger partial charge in [0.25, 0.3) is 0 Å². The van der Waals surface area contributed by atoms with Crippen LogP contribution in [0.4, 0.5) is 0 Å². The van der Waals surface area contributed by atoms with E-state index in [-0.39, 0.29) is 0 Å². The van der Waals surface area contributed by atoms with E-state index in [1.807, 2.05) is 0 Å². The molecule has 0 aliphatic rings. The van der Waals surface area contributed by atoms with Crippen molar-refractivity contribution in [2.24, 2.45) is 0 Å². The first-order chi connectivity index (χ1) is 27.7. The van der Waals surface area contributed by atoms with Crippen molar-refractivity contribution >= 4 is 161 Å². The zero-order valence-corrected chi connectivity index (χ0v) is 34.1. The fourth-order valence-electron chi connectivity index (χ4n) is 9.78. The van der Waals surface area contributed by atoms with Crippen LogP contribution in [0.25, 0.3) is 93.5 Å². The molecule has 0 unspecified atom stereocenters. The van der Waals surface area contributed by atoms with Crippen LogP contribution in [0.1, 0.15) is 0 Å². The standard InChI is InChI=1S/C47H38B8N2/c48-39-35-33(25-19-21-26(22-20-25)47-56-30-16-5-6-17-32(30)57(47)31-18-8-12-24-10-2-4-14-28(24)31)36-38(42(51)46(55)44(53)40(36)49)34(37(35)41(50)45(54)43(39)52)29-15-7-11-23-9-1-3-13-27(23)29/h1-22H,48-55H2. The molecule has 10 aromatic rings. The second kappa shape index (κ2) is 13.3. The molecule has 57 heavy (non-hydrogen) atoms. The number of rotatable bonds is 4. The van der Waals surface area contributed by atoms with E-state index in [0.717, 1.165) is 28.1 Å². The fraction of sp³-hybridized carbons (Fsp3) is 0. The van der Waals surface area contributed by atoms with Crippen LogP contribution in [0.5, 0.6) is 0 Å². The van der Waals surface area contributed by atoms with E-state index >= 15 is 0 Å². The third-order valence-electron chi connectivity index (χ3n) is 13.4. The summed E-state index contributed by atoms with van der Waals surface area (Å²) in [5, 5.41) is 10.4. The van der Waals surface area contributed by atoms with E-state index in [1.165, 1.54) is 109 Å². The van der Waals surface area contributed by atoms with Crippen molar-refractivity contribution in [2.75, 3.05) is 0 Å². The molecule has 0 radical (unpaired) electrons. The molecule has 10 heteroatoms. The van der Waals surface area contributed by atoms with Crippen molar-refractivity contribution in [3.05, 3.63) is 133 Å². The summed E-state index contributed by atoms with van der Waals surface area (Å²) in [5.41, 5.74) is 20.4. The topological polar surface area (TPSA) is 17.8 Å². The van der Waals surface area contributed by atoms with Gasteiger partial charge in [0.1, 0.15) is 68.6 Å². The maximum absolute atomic E-state index is 5.30. The first-order valence-electron chi connectivity index (χ1n) is 20.2. The van der Waals surface area contributed by atoms with Crippen LogP contribution in [-0.2, 0) is 0 Å². The van der Waals surface area contributed by atoms with Crippen molar-refractivity contribution in [3.63, 3.8) is 0 Å². The van der Waals surface area contributed by atoms with Crippen LogP contribution in [0.2, 0.25) is 0 Å². The number of hydrogen-bond donors (Lipinski definition) is 0. The number of imidazole rings is 1.